The maximum atomic E-state index is 12.5. The number of rotatable bonds is 3. The molecule has 3 aromatic rings. The van der Waals surface area contributed by atoms with E-state index in [9.17, 15) is 4.79 Å². The number of aromatic amines is 1. The van der Waals surface area contributed by atoms with Gasteiger partial charge in [-0.3, -0.25) is 9.89 Å². The van der Waals surface area contributed by atoms with Crippen LogP contribution in [0.3, 0.4) is 0 Å². The summed E-state index contributed by atoms with van der Waals surface area (Å²) in [5.74, 6) is 0.524. The van der Waals surface area contributed by atoms with Crippen LogP contribution in [0.4, 0.5) is 11.5 Å². The fraction of sp³-hybridized carbons (Fsp3) is 0.263. The second kappa shape index (κ2) is 9.47. The fourth-order valence-electron chi connectivity index (χ4n) is 3.34. The van der Waals surface area contributed by atoms with Gasteiger partial charge in [0.2, 0.25) is 5.91 Å². The predicted molar refractivity (Wildman–Crippen MR) is 120 cm³/mol. The van der Waals surface area contributed by atoms with E-state index in [1.54, 1.807) is 6.07 Å². The molecule has 1 aliphatic rings. The van der Waals surface area contributed by atoms with Gasteiger partial charge in [-0.05, 0) is 49.2 Å². The van der Waals surface area contributed by atoms with Gasteiger partial charge in [0.1, 0.15) is 0 Å². The zero-order valence-electron chi connectivity index (χ0n) is 15.0. The number of anilines is 2. The number of carbonyl (C=O) groups is 1. The van der Waals surface area contributed by atoms with Gasteiger partial charge in [-0.25, -0.2) is 0 Å². The second-order valence-electron chi connectivity index (χ2n) is 6.60. The van der Waals surface area contributed by atoms with Crippen molar-refractivity contribution in [3.63, 3.8) is 0 Å². The lowest BCUT2D eigenvalue weighted by atomic mass is 9.99. The molecule has 0 aliphatic carbocycles. The first-order valence-corrected chi connectivity index (χ1v) is 9.05. The summed E-state index contributed by atoms with van der Waals surface area (Å²) in [4.78, 5) is 12.5. The van der Waals surface area contributed by atoms with Crippen molar-refractivity contribution in [3.05, 3.63) is 41.4 Å². The molecular formula is C19H22Cl3N5O. The lowest BCUT2D eigenvalue weighted by molar-refractivity contribution is -0.120. The molecule has 1 unspecified atom stereocenters. The van der Waals surface area contributed by atoms with E-state index in [1.807, 2.05) is 30.3 Å². The molecule has 150 valence electrons. The Balaban J connectivity index is 0.00000140. The number of nitrogens with one attached hydrogen (secondary N) is 3. The number of nitrogen functional groups attached to an aromatic ring is 1. The fourth-order valence-corrected chi connectivity index (χ4v) is 3.63. The first-order valence-electron chi connectivity index (χ1n) is 8.67. The number of nitrogens with zero attached hydrogens (tertiary/aromatic N) is 1. The Bertz CT molecular complexity index is 969. The molecule has 2 heterocycles. The van der Waals surface area contributed by atoms with Gasteiger partial charge in [-0.1, -0.05) is 23.7 Å². The van der Waals surface area contributed by atoms with Crippen molar-refractivity contribution in [2.75, 3.05) is 24.1 Å². The van der Waals surface area contributed by atoms with E-state index in [0.717, 1.165) is 41.4 Å². The van der Waals surface area contributed by atoms with E-state index in [1.165, 1.54) is 0 Å². The predicted octanol–water partition coefficient (Wildman–Crippen LogP) is 4.25. The van der Waals surface area contributed by atoms with Crippen LogP contribution < -0.4 is 16.4 Å². The van der Waals surface area contributed by atoms with Crippen molar-refractivity contribution < 1.29 is 4.79 Å². The maximum absolute atomic E-state index is 12.5. The van der Waals surface area contributed by atoms with E-state index < -0.39 is 0 Å². The number of amides is 1. The Kier molecular flexibility index (Phi) is 7.55. The molecule has 5 N–H and O–H groups in total. The standard InChI is InChI=1S/C19H20ClN5O.2ClH/c20-16-9-13(21)4-5-14(16)11-3-6-17-15(8-11)18(25-24-17)23-19(26)12-2-1-7-22-10-12;;/h3-6,8-9,12,22H,1-2,7,10,21H2,(H2,23,24,25,26);2*1H. The first-order chi connectivity index (χ1) is 12.6. The molecule has 0 spiro atoms. The molecule has 1 saturated heterocycles. The summed E-state index contributed by atoms with van der Waals surface area (Å²) in [6, 6.07) is 11.3. The van der Waals surface area contributed by atoms with Gasteiger partial charge in [0, 0.05) is 23.2 Å². The van der Waals surface area contributed by atoms with Crippen LogP contribution in [0.15, 0.2) is 36.4 Å². The van der Waals surface area contributed by atoms with Crippen molar-refractivity contribution in [2.45, 2.75) is 12.8 Å². The Hall–Kier alpha value is -1.99. The normalized spacial score (nSPS) is 16.1. The molecule has 1 aromatic heterocycles. The Morgan fingerprint density at radius 2 is 2.04 bits per heavy atom. The molecule has 4 rings (SSSR count). The van der Waals surface area contributed by atoms with E-state index in [-0.39, 0.29) is 36.6 Å². The Morgan fingerprint density at radius 3 is 2.75 bits per heavy atom. The number of hydrogen-bond donors (Lipinski definition) is 4. The highest BCUT2D eigenvalue weighted by Crippen LogP contribution is 2.33. The molecule has 0 bridgehead atoms. The molecule has 1 aliphatic heterocycles. The summed E-state index contributed by atoms with van der Waals surface area (Å²) in [6.07, 6.45) is 1.91. The Morgan fingerprint density at radius 1 is 1.21 bits per heavy atom. The van der Waals surface area contributed by atoms with E-state index in [0.29, 0.717) is 23.1 Å². The summed E-state index contributed by atoms with van der Waals surface area (Å²) >= 11 is 6.33. The zero-order valence-corrected chi connectivity index (χ0v) is 17.4. The van der Waals surface area contributed by atoms with Crippen molar-refractivity contribution in [1.82, 2.24) is 15.5 Å². The molecule has 9 heteroatoms. The topological polar surface area (TPSA) is 95.8 Å². The van der Waals surface area contributed by atoms with Gasteiger partial charge in [-0.15, -0.1) is 24.8 Å². The van der Waals surface area contributed by atoms with Crippen molar-refractivity contribution in [2.24, 2.45) is 5.92 Å². The number of carbonyl (C=O) groups excluding carboxylic acids is 1. The molecule has 28 heavy (non-hydrogen) atoms. The van der Waals surface area contributed by atoms with Gasteiger partial charge in [0.15, 0.2) is 5.82 Å². The largest absolute Gasteiger partial charge is 0.399 e. The van der Waals surface area contributed by atoms with E-state index in [2.05, 4.69) is 20.8 Å². The van der Waals surface area contributed by atoms with Crippen LogP contribution in [0, 0.1) is 5.92 Å². The third-order valence-corrected chi connectivity index (χ3v) is 5.09. The minimum Gasteiger partial charge on any atom is -0.399 e. The molecule has 2 aromatic carbocycles. The molecule has 0 radical (unpaired) electrons. The Labute approximate surface area is 180 Å². The van der Waals surface area contributed by atoms with Crippen LogP contribution in [-0.2, 0) is 4.79 Å². The highest BCUT2D eigenvalue weighted by molar-refractivity contribution is 6.33. The van der Waals surface area contributed by atoms with E-state index >= 15 is 0 Å². The number of piperidine rings is 1. The second-order valence-corrected chi connectivity index (χ2v) is 7.01. The van der Waals surface area contributed by atoms with Crippen molar-refractivity contribution in [1.29, 1.82) is 0 Å². The summed E-state index contributed by atoms with van der Waals surface area (Å²) in [6.45, 7) is 1.68. The van der Waals surface area contributed by atoms with Crippen LogP contribution in [-0.4, -0.2) is 29.2 Å². The lowest BCUT2D eigenvalue weighted by Gasteiger charge is -2.21. The third kappa shape index (κ3) is 4.52. The molecule has 1 amide bonds. The quantitative estimate of drug-likeness (QED) is 0.456. The smallest absolute Gasteiger partial charge is 0.229 e. The van der Waals surface area contributed by atoms with Gasteiger partial charge < -0.3 is 16.4 Å². The number of benzene rings is 2. The first kappa shape index (κ1) is 22.3. The number of H-pyrrole nitrogens is 1. The van der Waals surface area contributed by atoms with Crippen molar-refractivity contribution >= 4 is 64.7 Å². The molecule has 0 saturated carbocycles. The SMILES string of the molecule is Cl.Cl.Nc1ccc(-c2ccc3[nH]nc(NC(=O)C4CCCNC4)c3c2)c(Cl)c1. The van der Waals surface area contributed by atoms with Gasteiger partial charge in [0.05, 0.1) is 16.5 Å². The highest BCUT2D eigenvalue weighted by Gasteiger charge is 2.22. The molecule has 1 fully saturated rings. The minimum absolute atomic E-state index is 0. The third-order valence-electron chi connectivity index (χ3n) is 4.78. The summed E-state index contributed by atoms with van der Waals surface area (Å²) in [7, 11) is 0. The maximum Gasteiger partial charge on any atom is 0.229 e. The van der Waals surface area contributed by atoms with Gasteiger partial charge >= 0.3 is 0 Å². The van der Waals surface area contributed by atoms with E-state index in [4.69, 9.17) is 17.3 Å². The number of hydrogen-bond acceptors (Lipinski definition) is 4. The minimum atomic E-state index is -0.0229. The number of aromatic nitrogens is 2. The molecule has 6 nitrogen and oxygen atoms in total. The number of nitrogens with two attached hydrogens (primary N) is 1. The summed E-state index contributed by atoms with van der Waals surface area (Å²) < 4.78 is 0. The number of halogens is 3. The average molecular weight is 443 g/mol. The highest BCUT2D eigenvalue weighted by atomic mass is 35.5. The average Bonchev–Trinajstić information content (AvgIpc) is 3.04. The van der Waals surface area contributed by atoms with Crippen LogP contribution in [0.2, 0.25) is 5.02 Å². The summed E-state index contributed by atoms with van der Waals surface area (Å²) in [5.41, 5.74) is 9.09. The zero-order chi connectivity index (χ0) is 18.1. The van der Waals surface area contributed by atoms with Gasteiger partial charge in [0.25, 0.3) is 0 Å². The van der Waals surface area contributed by atoms with Crippen LogP contribution >= 0.6 is 36.4 Å². The number of fused-ring (bicyclic) bond motifs is 1. The summed E-state index contributed by atoms with van der Waals surface area (Å²) in [5, 5.41) is 14.9. The van der Waals surface area contributed by atoms with Crippen molar-refractivity contribution in [3.8, 4) is 11.1 Å². The van der Waals surface area contributed by atoms with Crippen LogP contribution in [0.5, 0.6) is 0 Å². The van der Waals surface area contributed by atoms with Crippen LogP contribution in [0.25, 0.3) is 22.0 Å². The van der Waals surface area contributed by atoms with Crippen LogP contribution in [0.1, 0.15) is 12.8 Å². The lowest BCUT2D eigenvalue weighted by Crippen LogP contribution is -2.37. The monoisotopic (exact) mass is 441 g/mol. The molecular weight excluding hydrogens is 421 g/mol. The van der Waals surface area contributed by atoms with Gasteiger partial charge in [-0.2, -0.15) is 5.10 Å². The molecule has 1 atom stereocenters.